The number of rotatable bonds is 2. The van der Waals surface area contributed by atoms with Crippen molar-refractivity contribution in [1.29, 1.82) is 0 Å². The van der Waals surface area contributed by atoms with Crippen molar-refractivity contribution in [2.24, 2.45) is 56.7 Å². The standard InChI is InChI=1S/C29H44O5/c1-16(30)17-9-12-29(24(33)34)14-13-27(5)18(22(17)29)7-8-21-26(4)15-19(31)23(32)25(2,3)20(26)10-11-28(21,27)6/h17-22,31H,7-15H2,1-6H3,(H,33,34)/t17-,18?,19-,20?,21?,22?,26-,27+,28+,29-/m0/s1. The fraction of sp³-hybridized carbons (Fsp3) is 0.897. The number of carboxylic acids is 1. The molecule has 5 nitrogen and oxygen atoms in total. The molecule has 5 saturated carbocycles. The van der Waals surface area contributed by atoms with E-state index in [1.165, 1.54) is 0 Å². The predicted molar refractivity (Wildman–Crippen MR) is 129 cm³/mol. The van der Waals surface area contributed by atoms with Gasteiger partial charge in [-0.2, -0.15) is 0 Å². The smallest absolute Gasteiger partial charge is 0.309 e. The third-order valence-corrected chi connectivity index (χ3v) is 13.1. The van der Waals surface area contributed by atoms with Gasteiger partial charge in [-0.3, -0.25) is 14.4 Å². The van der Waals surface area contributed by atoms with Crippen LogP contribution in [0.1, 0.15) is 99.3 Å². The summed E-state index contributed by atoms with van der Waals surface area (Å²) in [7, 11) is 0. The second-order valence-corrected chi connectivity index (χ2v) is 14.2. The fourth-order valence-electron chi connectivity index (χ4n) is 11.4. The zero-order chi connectivity index (χ0) is 25.1. The molecule has 2 N–H and O–H groups in total. The van der Waals surface area contributed by atoms with E-state index in [4.69, 9.17) is 0 Å². The minimum atomic E-state index is -0.896. The first-order chi connectivity index (χ1) is 15.7. The molecule has 0 amide bonds. The van der Waals surface area contributed by atoms with Crippen molar-refractivity contribution in [3.8, 4) is 0 Å². The number of hydrogen-bond donors (Lipinski definition) is 2. The molecule has 0 saturated heterocycles. The fourth-order valence-corrected chi connectivity index (χ4v) is 11.4. The number of ketones is 2. The van der Waals surface area contributed by atoms with Crippen molar-refractivity contribution in [3.05, 3.63) is 0 Å². The molecular weight excluding hydrogens is 428 g/mol. The summed E-state index contributed by atoms with van der Waals surface area (Å²) in [5.74, 6) is 0.137. The van der Waals surface area contributed by atoms with E-state index in [0.29, 0.717) is 31.6 Å². The van der Waals surface area contributed by atoms with Crippen molar-refractivity contribution < 1.29 is 24.6 Å². The molecular formula is C29H44O5. The van der Waals surface area contributed by atoms with Gasteiger partial charge in [0.1, 0.15) is 11.9 Å². The van der Waals surface area contributed by atoms with Crippen molar-refractivity contribution in [2.75, 3.05) is 0 Å². The molecule has 5 aliphatic rings. The number of aliphatic hydroxyl groups is 1. The molecule has 5 rings (SSSR count). The molecule has 5 aliphatic carbocycles. The molecule has 0 radical (unpaired) electrons. The molecule has 5 fully saturated rings. The first-order valence-electron chi connectivity index (χ1n) is 13.6. The highest BCUT2D eigenvalue weighted by Crippen LogP contribution is 2.77. The van der Waals surface area contributed by atoms with Crippen LogP contribution in [0, 0.1) is 56.7 Å². The lowest BCUT2D eigenvalue weighted by Gasteiger charge is -2.72. The minimum absolute atomic E-state index is 0.00219. The van der Waals surface area contributed by atoms with Gasteiger partial charge in [-0.05, 0) is 105 Å². The average Bonchev–Trinajstić information content (AvgIpc) is 3.14. The number of Topliss-reactive ketones (excluding diaryl/α,β-unsaturated/α-hetero) is 2. The summed E-state index contributed by atoms with van der Waals surface area (Å²) >= 11 is 0. The highest BCUT2D eigenvalue weighted by atomic mass is 16.4. The SMILES string of the molecule is CC(=O)[C@@H]1CC[C@]2(C(=O)O)CC[C@]3(C)C(CCC4[C@@]5(C)C[C@H](O)C(=O)C(C)(C)C5CC[C@]43C)C12. The molecule has 190 valence electrons. The first kappa shape index (κ1) is 24.5. The topological polar surface area (TPSA) is 91.7 Å². The summed E-state index contributed by atoms with van der Waals surface area (Å²) in [6.45, 7) is 12.9. The number of carbonyl (C=O) groups excluding carboxylic acids is 2. The molecule has 0 aromatic rings. The highest BCUT2D eigenvalue weighted by molar-refractivity contribution is 5.89. The lowest BCUT2D eigenvalue weighted by atomic mass is 9.32. The quantitative estimate of drug-likeness (QED) is 0.570. The summed E-state index contributed by atoms with van der Waals surface area (Å²) < 4.78 is 0. The lowest BCUT2D eigenvalue weighted by molar-refractivity contribution is -0.241. The summed E-state index contributed by atoms with van der Waals surface area (Å²) in [6.07, 6.45) is 6.50. The van der Waals surface area contributed by atoms with Gasteiger partial charge in [0, 0.05) is 11.3 Å². The molecule has 4 unspecified atom stereocenters. The maximum absolute atomic E-state index is 13.0. The number of fused-ring (bicyclic) bond motifs is 7. The number of carbonyl (C=O) groups is 3. The van der Waals surface area contributed by atoms with Crippen LogP contribution in [0.5, 0.6) is 0 Å². The maximum Gasteiger partial charge on any atom is 0.309 e. The Balaban J connectivity index is 1.58. The average molecular weight is 473 g/mol. The number of hydrogen-bond acceptors (Lipinski definition) is 4. The van der Waals surface area contributed by atoms with E-state index in [-0.39, 0.29) is 51.5 Å². The molecule has 10 atom stereocenters. The number of aliphatic carboxylic acids is 1. The zero-order valence-corrected chi connectivity index (χ0v) is 21.9. The van der Waals surface area contributed by atoms with Crippen LogP contribution < -0.4 is 0 Å². The predicted octanol–water partition coefficient (Wildman–Crippen LogP) is 5.28. The Labute approximate surface area is 204 Å². The Morgan fingerprint density at radius 3 is 2.15 bits per heavy atom. The first-order valence-corrected chi connectivity index (χ1v) is 13.6. The van der Waals surface area contributed by atoms with Crippen molar-refractivity contribution in [3.63, 3.8) is 0 Å². The molecule has 0 aromatic carbocycles. The molecule has 0 aromatic heterocycles. The van der Waals surface area contributed by atoms with Crippen LogP contribution >= 0.6 is 0 Å². The van der Waals surface area contributed by atoms with Crippen molar-refractivity contribution in [2.45, 2.75) is 105 Å². The third kappa shape index (κ3) is 2.69. The van der Waals surface area contributed by atoms with Gasteiger partial charge in [-0.1, -0.05) is 34.6 Å². The van der Waals surface area contributed by atoms with Crippen LogP contribution in [0.2, 0.25) is 0 Å². The van der Waals surface area contributed by atoms with E-state index in [9.17, 15) is 24.6 Å². The van der Waals surface area contributed by atoms with Crippen molar-refractivity contribution in [1.82, 2.24) is 0 Å². The molecule has 5 heteroatoms. The minimum Gasteiger partial charge on any atom is -0.481 e. The van der Waals surface area contributed by atoms with Gasteiger partial charge < -0.3 is 10.2 Å². The Kier molecular flexibility index (Phi) is 5.16. The summed E-state index contributed by atoms with van der Waals surface area (Å²) in [5, 5.41) is 21.3. The van der Waals surface area contributed by atoms with Gasteiger partial charge in [0.15, 0.2) is 5.78 Å². The normalized spacial score (nSPS) is 53.8. The summed E-state index contributed by atoms with van der Waals surface area (Å²) in [5.41, 5.74) is -1.43. The van der Waals surface area contributed by atoms with E-state index in [1.54, 1.807) is 6.92 Å². The maximum atomic E-state index is 13.0. The van der Waals surface area contributed by atoms with Gasteiger partial charge in [-0.15, -0.1) is 0 Å². The van der Waals surface area contributed by atoms with E-state index in [2.05, 4.69) is 20.8 Å². The van der Waals surface area contributed by atoms with Crippen molar-refractivity contribution >= 4 is 17.5 Å². The van der Waals surface area contributed by atoms with Gasteiger partial charge in [0.05, 0.1) is 5.41 Å². The van der Waals surface area contributed by atoms with Gasteiger partial charge in [0.25, 0.3) is 0 Å². The number of aliphatic hydroxyl groups excluding tert-OH is 1. The summed E-state index contributed by atoms with van der Waals surface area (Å²) in [4.78, 5) is 38.4. The molecule has 0 bridgehead atoms. The number of carboxylic acid groups (broad SMARTS) is 1. The van der Waals surface area contributed by atoms with E-state index in [1.807, 2.05) is 13.8 Å². The third-order valence-electron chi connectivity index (χ3n) is 13.1. The van der Waals surface area contributed by atoms with Crippen LogP contribution in [-0.2, 0) is 14.4 Å². The van der Waals surface area contributed by atoms with E-state index >= 15 is 0 Å². The van der Waals surface area contributed by atoms with Gasteiger partial charge in [-0.25, -0.2) is 0 Å². The van der Waals surface area contributed by atoms with Crippen LogP contribution in [0.4, 0.5) is 0 Å². The molecule has 0 spiro atoms. The monoisotopic (exact) mass is 472 g/mol. The van der Waals surface area contributed by atoms with Gasteiger partial charge in [0.2, 0.25) is 0 Å². The Hall–Kier alpha value is -1.23. The van der Waals surface area contributed by atoms with Crippen LogP contribution in [0.3, 0.4) is 0 Å². The Morgan fingerprint density at radius 2 is 1.53 bits per heavy atom. The Bertz CT molecular complexity index is 939. The molecule has 0 aliphatic heterocycles. The summed E-state index contributed by atoms with van der Waals surface area (Å²) in [6, 6.07) is 0. The van der Waals surface area contributed by atoms with Crippen LogP contribution in [0.15, 0.2) is 0 Å². The van der Waals surface area contributed by atoms with E-state index < -0.39 is 22.9 Å². The van der Waals surface area contributed by atoms with Crippen LogP contribution in [-0.4, -0.2) is 33.9 Å². The second kappa shape index (κ2) is 7.17. The second-order valence-electron chi connectivity index (χ2n) is 14.2. The molecule has 34 heavy (non-hydrogen) atoms. The van der Waals surface area contributed by atoms with E-state index in [0.717, 1.165) is 32.1 Å². The largest absolute Gasteiger partial charge is 0.481 e. The zero-order valence-electron chi connectivity index (χ0n) is 21.9. The molecule has 0 heterocycles. The van der Waals surface area contributed by atoms with Gasteiger partial charge >= 0.3 is 5.97 Å². The lowest BCUT2D eigenvalue weighted by Crippen LogP contribution is -2.68. The van der Waals surface area contributed by atoms with Crippen LogP contribution in [0.25, 0.3) is 0 Å². The Morgan fingerprint density at radius 1 is 0.853 bits per heavy atom. The highest BCUT2D eigenvalue weighted by Gasteiger charge is 2.72.